The van der Waals surface area contributed by atoms with E-state index in [1.54, 1.807) is 0 Å². The first-order valence-corrected chi connectivity index (χ1v) is 7.39. The minimum Gasteiger partial charge on any atom is -0.480 e. The van der Waals surface area contributed by atoms with Crippen molar-refractivity contribution in [2.75, 3.05) is 19.6 Å². The number of carbonyl (C=O) groups excluding carboxylic acids is 1. The van der Waals surface area contributed by atoms with Gasteiger partial charge < -0.3 is 15.4 Å². The fourth-order valence-electron chi connectivity index (χ4n) is 2.95. The molecule has 1 amide bonds. The number of para-hydroxylation sites is 1. The molecule has 0 radical (unpaired) electrons. The molecule has 4 nitrogen and oxygen atoms in total. The topological polar surface area (TPSA) is 50.4 Å². The molecule has 1 aromatic rings. The van der Waals surface area contributed by atoms with Crippen LogP contribution in [0.4, 0.5) is 0 Å². The van der Waals surface area contributed by atoms with Crippen LogP contribution in [0.2, 0.25) is 0 Å². The van der Waals surface area contributed by atoms with Gasteiger partial charge in [0.25, 0.3) is 5.91 Å². The molecule has 2 aliphatic heterocycles. The molecule has 4 heteroatoms. The normalized spacial score (nSPS) is 23.8. The van der Waals surface area contributed by atoms with E-state index >= 15 is 0 Å². The number of amides is 1. The van der Waals surface area contributed by atoms with Crippen LogP contribution in [-0.2, 0) is 11.2 Å². The largest absolute Gasteiger partial charge is 0.480 e. The fourth-order valence-corrected chi connectivity index (χ4v) is 2.95. The highest BCUT2D eigenvalue weighted by molar-refractivity contribution is 5.82. The summed E-state index contributed by atoms with van der Waals surface area (Å²) in [5.41, 5.74) is 1.34. The minimum atomic E-state index is -0.363. The van der Waals surface area contributed by atoms with Gasteiger partial charge in [0.05, 0.1) is 0 Å². The molecule has 1 atom stereocenters. The van der Waals surface area contributed by atoms with Crippen molar-refractivity contribution in [2.24, 2.45) is 5.41 Å². The van der Waals surface area contributed by atoms with Crippen LogP contribution in [0.3, 0.4) is 0 Å². The fraction of sp³-hybridized carbons (Fsp3) is 0.562. The lowest BCUT2D eigenvalue weighted by atomic mass is 9.81. The van der Waals surface area contributed by atoms with Crippen LogP contribution in [0.15, 0.2) is 24.3 Å². The zero-order valence-corrected chi connectivity index (χ0v) is 11.9. The molecule has 2 aliphatic rings. The quantitative estimate of drug-likeness (QED) is 0.878. The Morgan fingerprint density at radius 3 is 2.90 bits per heavy atom. The molecule has 20 heavy (non-hydrogen) atoms. The molecular weight excluding hydrogens is 252 g/mol. The Kier molecular flexibility index (Phi) is 3.66. The Balaban J connectivity index is 1.53. The number of piperidine rings is 1. The molecule has 1 fully saturated rings. The lowest BCUT2D eigenvalue weighted by Gasteiger charge is -2.34. The number of fused-ring (bicyclic) bond motifs is 1. The van der Waals surface area contributed by atoms with Crippen LogP contribution in [0.25, 0.3) is 0 Å². The van der Waals surface area contributed by atoms with Gasteiger partial charge in [0.1, 0.15) is 5.75 Å². The van der Waals surface area contributed by atoms with Gasteiger partial charge in [-0.15, -0.1) is 0 Å². The highest BCUT2D eigenvalue weighted by atomic mass is 16.5. The molecule has 1 aromatic carbocycles. The molecule has 2 N–H and O–H groups in total. The van der Waals surface area contributed by atoms with E-state index in [-0.39, 0.29) is 17.4 Å². The van der Waals surface area contributed by atoms with Crippen LogP contribution in [0.1, 0.15) is 25.3 Å². The highest BCUT2D eigenvalue weighted by Crippen LogP contribution is 2.29. The third-order valence-electron chi connectivity index (χ3n) is 4.44. The average Bonchev–Trinajstić information content (AvgIpc) is 2.89. The van der Waals surface area contributed by atoms with Crippen molar-refractivity contribution in [3.05, 3.63) is 29.8 Å². The van der Waals surface area contributed by atoms with Crippen LogP contribution in [0.5, 0.6) is 5.75 Å². The van der Waals surface area contributed by atoms with Crippen molar-refractivity contribution in [1.82, 2.24) is 10.6 Å². The van der Waals surface area contributed by atoms with E-state index in [0.717, 1.165) is 43.8 Å². The average molecular weight is 274 g/mol. The van der Waals surface area contributed by atoms with Gasteiger partial charge in [-0.05, 0) is 43.0 Å². The van der Waals surface area contributed by atoms with E-state index in [0.29, 0.717) is 6.42 Å². The van der Waals surface area contributed by atoms with Crippen molar-refractivity contribution in [3.8, 4) is 5.75 Å². The molecule has 1 saturated heterocycles. The SMILES string of the molecule is CC1(CNC(=O)C2Cc3ccccc3O2)CCNCC1. The Bertz CT molecular complexity index is 470. The third kappa shape index (κ3) is 2.80. The first kappa shape index (κ1) is 13.4. The summed E-state index contributed by atoms with van der Waals surface area (Å²) >= 11 is 0. The van der Waals surface area contributed by atoms with Gasteiger partial charge in [-0.25, -0.2) is 0 Å². The van der Waals surface area contributed by atoms with E-state index in [4.69, 9.17) is 4.74 Å². The first-order chi connectivity index (χ1) is 9.66. The molecule has 1 unspecified atom stereocenters. The predicted molar refractivity (Wildman–Crippen MR) is 77.8 cm³/mol. The summed E-state index contributed by atoms with van der Waals surface area (Å²) in [6, 6.07) is 7.88. The number of benzene rings is 1. The predicted octanol–water partition coefficient (Wildman–Crippen LogP) is 1.50. The molecule has 108 valence electrons. The van der Waals surface area contributed by atoms with Gasteiger partial charge in [-0.3, -0.25) is 4.79 Å². The molecule has 0 saturated carbocycles. The van der Waals surface area contributed by atoms with E-state index in [1.807, 2.05) is 24.3 Å². The maximum Gasteiger partial charge on any atom is 0.261 e. The molecule has 0 bridgehead atoms. The summed E-state index contributed by atoms with van der Waals surface area (Å²) in [5, 5.41) is 6.44. The zero-order chi connectivity index (χ0) is 14.0. The molecule has 0 aromatic heterocycles. The smallest absolute Gasteiger partial charge is 0.261 e. The van der Waals surface area contributed by atoms with Crippen molar-refractivity contribution in [2.45, 2.75) is 32.3 Å². The second-order valence-electron chi connectivity index (χ2n) is 6.20. The van der Waals surface area contributed by atoms with Crippen LogP contribution in [-0.4, -0.2) is 31.6 Å². The van der Waals surface area contributed by atoms with Crippen molar-refractivity contribution < 1.29 is 9.53 Å². The summed E-state index contributed by atoms with van der Waals surface area (Å²) in [7, 11) is 0. The molecule has 3 rings (SSSR count). The van der Waals surface area contributed by atoms with Gasteiger partial charge in [0.15, 0.2) is 6.10 Å². The standard InChI is InChI=1S/C16H22N2O2/c1-16(6-8-17-9-7-16)11-18-15(19)14-10-12-4-2-3-5-13(12)20-14/h2-5,14,17H,6-11H2,1H3,(H,18,19). The van der Waals surface area contributed by atoms with Crippen LogP contribution in [0, 0.1) is 5.41 Å². The van der Waals surface area contributed by atoms with Gasteiger partial charge in [-0.1, -0.05) is 25.1 Å². The second-order valence-corrected chi connectivity index (χ2v) is 6.20. The van der Waals surface area contributed by atoms with Crippen molar-refractivity contribution >= 4 is 5.91 Å². The summed E-state index contributed by atoms with van der Waals surface area (Å²) in [4.78, 5) is 12.2. The molecule has 0 aliphatic carbocycles. The summed E-state index contributed by atoms with van der Waals surface area (Å²) < 4.78 is 5.72. The van der Waals surface area contributed by atoms with Crippen molar-refractivity contribution in [1.29, 1.82) is 0 Å². The number of hydrogen-bond donors (Lipinski definition) is 2. The number of carbonyl (C=O) groups is 1. The van der Waals surface area contributed by atoms with Gasteiger partial charge in [-0.2, -0.15) is 0 Å². The lowest BCUT2D eigenvalue weighted by molar-refractivity contribution is -0.127. The first-order valence-electron chi connectivity index (χ1n) is 7.39. The van der Waals surface area contributed by atoms with E-state index in [9.17, 15) is 4.79 Å². The number of rotatable bonds is 3. The Labute approximate surface area is 119 Å². The third-order valence-corrected chi connectivity index (χ3v) is 4.44. The van der Waals surface area contributed by atoms with E-state index < -0.39 is 0 Å². The Hall–Kier alpha value is -1.55. The summed E-state index contributed by atoms with van der Waals surface area (Å²) in [6.45, 7) is 5.07. The van der Waals surface area contributed by atoms with E-state index in [1.165, 1.54) is 0 Å². The van der Waals surface area contributed by atoms with E-state index in [2.05, 4.69) is 17.6 Å². The lowest BCUT2D eigenvalue weighted by Crippen LogP contribution is -2.46. The number of hydrogen-bond acceptors (Lipinski definition) is 3. The van der Waals surface area contributed by atoms with Crippen LogP contribution >= 0.6 is 0 Å². The molecule has 0 spiro atoms. The minimum absolute atomic E-state index is 0.0148. The monoisotopic (exact) mass is 274 g/mol. The number of nitrogens with one attached hydrogen (secondary N) is 2. The summed E-state index contributed by atoms with van der Waals surface area (Å²) in [6.07, 6.45) is 2.54. The second kappa shape index (κ2) is 5.44. The molecule has 2 heterocycles. The summed E-state index contributed by atoms with van der Waals surface area (Å²) in [5.74, 6) is 0.863. The maximum atomic E-state index is 12.2. The number of ether oxygens (including phenoxy) is 1. The van der Waals surface area contributed by atoms with Gasteiger partial charge >= 0.3 is 0 Å². The Morgan fingerprint density at radius 1 is 1.40 bits per heavy atom. The highest BCUT2D eigenvalue weighted by Gasteiger charge is 2.31. The molecular formula is C16H22N2O2. The maximum absolute atomic E-state index is 12.2. The Morgan fingerprint density at radius 2 is 2.15 bits per heavy atom. The zero-order valence-electron chi connectivity index (χ0n) is 11.9. The van der Waals surface area contributed by atoms with Crippen molar-refractivity contribution in [3.63, 3.8) is 0 Å². The van der Waals surface area contributed by atoms with Gasteiger partial charge in [0.2, 0.25) is 0 Å². The van der Waals surface area contributed by atoms with Crippen LogP contribution < -0.4 is 15.4 Å². The van der Waals surface area contributed by atoms with Gasteiger partial charge in [0, 0.05) is 13.0 Å².